The zero-order valence-electron chi connectivity index (χ0n) is 8.89. The van der Waals surface area contributed by atoms with Crippen molar-refractivity contribution >= 4 is 0 Å². The SMILES string of the molecule is Cc1ccc(F)c([C@H]2CCCCN2)c1O. The number of phenolic OH excluding ortho intramolecular Hbond substituents is 1. The molecule has 0 saturated carbocycles. The Morgan fingerprint density at radius 1 is 1.40 bits per heavy atom. The Labute approximate surface area is 89.1 Å². The molecule has 0 amide bonds. The molecular formula is C12H16FNO. The molecule has 1 heterocycles. The van der Waals surface area contributed by atoms with Crippen LogP contribution in [0.4, 0.5) is 4.39 Å². The van der Waals surface area contributed by atoms with Crippen molar-refractivity contribution in [2.45, 2.75) is 32.2 Å². The third-order valence-electron chi connectivity index (χ3n) is 3.02. The first-order chi connectivity index (χ1) is 7.20. The molecule has 1 fully saturated rings. The second-order valence-corrected chi connectivity index (χ2v) is 4.13. The maximum absolute atomic E-state index is 13.6. The molecule has 1 atom stereocenters. The van der Waals surface area contributed by atoms with Crippen molar-refractivity contribution in [2.75, 3.05) is 6.54 Å². The minimum atomic E-state index is -0.308. The smallest absolute Gasteiger partial charge is 0.131 e. The number of halogens is 1. The van der Waals surface area contributed by atoms with Crippen LogP contribution in [-0.4, -0.2) is 11.7 Å². The molecule has 1 saturated heterocycles. The number of rotatable bonds is 1. The van der Waals surface area contributed by atoms with Gasteiger partial charge in [-0.05, 0) is 37.9 Å². The first-order valence-corrected chi connectivity index (χ1v) is 5.41. The van der Waals surface area contributed by atoms with E-state index >= 15 is 0 Å². The number of benzene rings is 1. The van der Waals surface area contributed by atoms with Crippen molar-refractivity contribution in [3.63, 3.8) is 0 Å². The highest BCUT2D eigenvalue weighted by Crippen LogP contribution is 2.34. The molecule has 0 bridgehead atoms. The largest absolute Gasteiger partial charge is 0.507 e. The highest BCUT2D eigenvalue weighted by molar-refractivity contribution is 5.42. The lowest BCUT2D eigenvalue weighted by Gasteiger charge is -2.25. The molecule has 0 radical (unpaired) electrons. The van der Waals surface area contributed by atoms with E-state index < -0.39 is 0 Å². The number of hydrogen-bond donors (Lipinski definition) is 2. The zero-order valence-corrected chi connectivity index (χ0v) is 8.89. The van der Waals surface area contributed by atoms with Gasteiger partial charge in [-0.2, -0.15) is 0 Å². The average molecular weight is 209 g/mol. The third kappa shape index (κ3) is 1.97. The second kappa shape index (κ2) is 4.19. The Morgan fingerprint density at radius 2 is 2.20 bits per heavy atom. The van der Waals surface area contributed by atoms with E-state index in [1.54, 1.807) is 13.0 Å². The number of nitrogens with one attached hydrogen (secondary N) is 1. The quantitative estimate of drug-likeness (QED) is 0.745. The first-order valence-electron chi connectivity index (χ1n) is 5.41. The molecule has 1 aliphatic heterocycles. The lowest BCUT2D eigenvalue weighted by molar-refractivity contribution is 0.376. The molecule has 2 N–H and O–H groups in total. The first kappa shape index (κ1) is 10.4. The summed E-state index contributed by atoms with van der Waals surface area (Å²) in [6.07, 6.45) is 3.11. The summed E-state index contributed by atoms with van der Waals surface area (Å²) < 4.78 is 13.6. The fourth-order valence-electron chi connectivity index (χ4n) is 2.12. The molecular weight excluding hydrogens is 193 g/mol. The summed E-state index contributed by atoms with van der Waals surface area (Å²) in [5, 5.41) is 13.1. The highest BCUT2D eigenvalue weighted by Gasteiger charge is 2.22. The van der Waals surface area contributed by atoms with Crippen LogP contribution in [0.1, 0.15) is 36.4 Å². The predicted octanol–water partition coefficient (Wildman–Crippen LogP) is 2.65. The van der Waals surface area contributed by atoms with Gasteiger partial charge in [0.05, 0.1) is 0 Å². The molecule has 1 aromatic rings. The molecule has 1 aromatic carbocycles. The highest BCUT2D eigenvalue weighted by atomic mass is 19.1. The van der Waals surface area contributed by atoms with Gasteiger partial charge >= 0.3 is 0 Å². The molecule has 82 valence electrons. The van der Waals surface area contributed by atoms with Gasteiger partial charge in [0.15, 0.2) is 0 Å². The molecule has 15 heavy (non-hydrogen) atoms. The van der Waals surface area contributed by atoms with E-state index in [4.69, 9.17) is 0 Å². The maximum Gasteiger partial charge on any atom is 0.131 e. The third-order valence-corrected chi connectivity index (χ3v) is 3.02. The van der Waals surface area contributed by atoms with E-state index in [2.05, 4.69) is 5.32 Å². The van der Waals surface area contributed by atoms with Gasteiger partial charge in [-0.25, -0.2) is 4.39 Å². The van der Waals surface area contributed by atoms with Gasteiger partial charge in [0, 0.05) is 11.6 Å². The van der Waals surface area contributed by atoms with Crippen LogP contribution in [0.3, 0.4) is 0 Å². The van der Waals surface area contributed by atoms with E-state index in [9.17, 15) is 9.50 Å². The topological polar surface area (TPSA) is 32.3 Å². The minimum absolute atomic E-state index is 0.0290. The molecule has 0 aromatic heterocycles. The van der Waals surface area contributed by atoms with E-state index in [0.29, 0.717) is 5.56 Å². The second-order valence-electron chi connectivity index (χ2n) is 4.13. The van der Waals surface area contributed by atoms with E-state index in [1.807, 2.05) is 0 Å². The van der Waals surface area contributed by atoms with Gasteiger partial charge in [0.25, 0.3) is 0 Å². The fourth-order valence-corrected chi connectivity index (χ4v) is 2.12. The van der Waals surface area contributed by atoms with Crippen molar-refractivity contribution in [3.8, 4) is 5.75 Å². The number of piperidine rings is 1. The number of aryl methyl sites for hydroxylation is 1. The normalized spacial score (nSPS) is 21.6. The van der Waals surface area contributed by atoms with Gasteiger partial charge in [0.1, 0.15) is 11.6 Å². The summed E-state index contributed by atoms with van der Waals surface area (Å²) in [6.45, 7) is 2.69. The Bertz CT molecular complexity index is 359. The van der Waals surface area contributed by atoms with Crippen LogP contribution in [0, 0.1) is 12.7 Å². The molecule has 0 unspecified atom stereocenters. The molecule has 2 nitrogen and oxygen atoms in total. The molecule has 1 aliphatic rings. The van der Waals surface area contributed by atoms with E-state index in [0.717, 1.165) is 31.4 Å². The van der Waals surface area contributed by atoms with Gasteiger partial charge in [-0.1, -0.05) is 12.5 Å². The lowest BCUT2D eigenvalue weighted by atomic mass is 9.95. The summed E-state index contributed by atoms with van der Waals surface area (Å²) in [7, 11) is 0. The van der Waals surface area contributed by atoms with Crippen LogP contribution in [0.2, 0.25) is 0 Å². The zero-order chi connectivity index (χ0) is 10.8. The van der Waals surface area contributed by atoms with Gasteiger partial charge < -0.3 is 10.4 Å². The summed E-state index contributed by atoms with van der Waals surface area (Å²) in [5.74, 6) is -0.202. The molecule has 3 heteroatoms. The Balaban J connectivity index is 2.36. The van der Waals surface area contributed by atoms with E-state index in [1.165, 1.54) is 6.07 Å². The maximum atomic E-state index is 13.6. The fraction of sp³-hybridized carbons (Fsp3) is 0.500. The van der Waals surface area contributed by atoms with Crippen LogP contribution < -0.4 is 5.32 Å². The van der Waals surface area contributed by atoms with Crippen molar-refractivity contribution in [2.24, 2.45) is 0 Å². The molecule has 2 rings (SSSR count). The van der Waals surface area contributed by atoms with Crippen LogP contribution in [-0.2, 0) is 0 Å². The van der Waals surface area contributed by atoms with Gasteiger partial charge in [0.2, 0.25) is 0 Å². The van der Waals surface area contributed by atoms with Crippen LogP contribution in [0.25, 0.3) is 0 Å². The van der Waals surface area contributed by atoms with Crippen molar-refractivity contribution in [1.82, 2.24) is 5.32 Å². The molecule has 0 spiro atoms. The number of hydrogen-bond acceptors (Lipinski definition) is 2. The van der Waals surface area contributed by atoms with Crippen molar-refractivity contribution in [3.05, 3.63) is 29.1 Å². The Kier molecular flexibility index (Phi) is 2.91. The summed E-state index contributed by atoms with van der Waals surface area (Å²) in [6, 6.07) is 3.01. The number of aromatic hydroxyl groups is 1. The Morgan fingerprint density at radius 3 is 2.87 bits per heavy atom. The monoisotopic (exact) mass is 209 g/mol. The molecule has 0 aliphatic carbocycles. The number of phenols is 1. The van der Waals surface area contributed by atoms with Crippen LogP contribution in [0.15, 0.2) is 12.1 Å². The van der Waals surface area contributed by atoms with Crippen LogP contribution in [0.5, 0.6) is 5.75 Å². The minimum Gasteiger partial charge on any atom is -0.507 e. The average Bonchev–Trinajstić information content (AvgIpc) is 2.26. The lowest BCUT2D eigenvalue weighted by Crippen LogP contribution is -2.27. The van der Waals surface area contributed by atoms with Crippen LogP contribution >= 0.6 is 0 Å². The Hall–Kier alpha value is -1.09. The summed E-state index contributed by atoms with van der Waals surface area (Å²) in [5.41, 5.74) is 1.17. The van der Waals surface area contributed by atoms with Gasteiger partial charge in [-0.15, -0.1) is 0 Å². The standard InChI is InChI=1S/C12H16FNO/c1-8-5-6-9(13)11(12(8)15)10-4-2-3-7-14-10/h5-6,10,14-15H,2-4,7H2,1H3/t10-/m1/s1. The van der Waals surface area contributed by atoms with Crippen molar-refractivity contribution < 1.29 is 9.50 Å². The van der Waals surface area contributed by atoms with Gasteiger partial charge in [-0.3, -0.25) is 0 Å². The summed E-state index contributed by atoms with van der Waals surface area (Å²) >= 11 is 0. The van der Waals surface area contributed by atoms with E-state index in [-0.39, 0.29) is 17.6 Å². The predicted molar refractivity (Wildman–Crippen MR) is 57.4 cm³/mol. The summed E-state index contributed by atoms with van der Waals surface area (Å²) in [4.78, 5) is 0. The van der Waals surface area contributed by atoms with Crippen molar-refractivity contribution in [1.29, 1.82) is 0 Å².